The Morgan fingerprint density at radius 3 is 2.44 bits per heavy atom. The summed E-state index contributed by atoms with van der Waals surface area (Å²) in [5.74, 6) is 0.188. The van der Waals surface area contributed by atoms with Crippen LogP contribution in [-0.2, 0) is 6.42 Å². The third kappa shape index (κ3) is 4.17. The maximum absolute atomic E-state index is 4.71. The number of unbranched alkanes of at least 4 members (excludes halogenated alkanes) is 1. The molecule has 0 unspecified atom stereocenters. The lowest BCUT2D eigenvalue weighted by molar-refractivity contribution is 0.777. The summed E-state index contributed by atoms with van der Waals surface area (Å²) in [5, 5.41) is 0. The molecule has 0 bridgehead atoms. The molecule has 0 saturated carbocycles. The first-order valence-electron chi connectivity index (χ1n) is 9.26. The van der Waals surface area contributed by atoms with E-state index in [-0.39, 0.29) is 5.92 Å². The minimum absolute atomic E-state index is 0.188. The molecule has 0 aliphatic heterocycles. The van der Waals surface area contributed by atoms with E-state index in [0.29, 0.717) is 0 Å². The van der Waals surface area contributed by atoms with Crippen molar-refractivity contribution in [2.24, 2.45) is 0 Å². The van der Waals surface area contributed by atoms with E-state index in [1.165, 1.54) is 40.7 Å². The van der Waals surface area contributed by atoms with Crippen molar-refractivity contribution >= 4 is 0 Å². The molecule has 1 atom stereocenters. The summed E-state index contributed by atoms with van der Waals surface area (Å²) in [6.45, 7) is 6.59. The number of aryl methyl sites for hydroxylation is 3. The Balaban J connectivity index is 2.17. The zero-order valence-corrected chi connectivity index (χ0v) is 15.5. The Hall–Kier alpha value is -2.41. The molecule has 0 radical (unpaired) electrons. The van der Waals surface area contributed by atoms with Crippen LogP contribution in [0.25, 0.3) is 0 Å². The molecule has 0 N–H and O–H groups in total. The molecule has 25 heavy (non-hydrogen) atoms. The first-order valence-corrected chi connectivity index (χ1v) is 9.26. The Labute approximate surface area is 151 Å². The monoisotopic (exact) mass is 329 g/mol. The second-order valence-electron chi connectivity index (χ2n) is 6.91. The number of rotatable bonds is 6. The highest BCUT2D eigenvalue weighted by atomic mass is 14.7. The van der Waals surface area contributed by atoms with Gasteiger partial charge < -0.3 is 0 Å². The average Bonchev–Trinajstić information content (AvgIpc) is 2.62. The lowest BCUT2D eigenvalue weighted by Gasteiger charge is -2.22. The van der Waals surface area contributed by atoms with Crippen molar-refractivity contribution in [2.75, 3.05) is 0 Å². The minimum Gasteiger partial charge on any atom is -0.260 e. The van der Waals surface area contributed by atoms with Gasteiger partial charge in [0.25, 0.3) is 0 Å². The second kappa shape index (κ2) is 8.11. The molecule has 1 heteroatoms. The van der Waals surface area contributed by atoms with Crippen molar-refractivity contribution in [2.45, 2.75) is 46.0 Å². The Kier molecular flexibility index (Phi) is 5.65. The number of hydrogen-bond acceptors (Lipinski definition) is 1. The van der Waals surface area contributed by atoms with Gasteiger partial charge in [-0.1, -0.05) is 73.0 Å². The van der Waals surface area contributed by atoms with Crippen molar-refractivity contribution in [3.05, 3.63) is 100 Å². The molecule has 0 spiro atoms. The van der Waals surface area contributed by atoms with Gasteiger partial charge in [-0.3, -0.25) is 4.98 Å². The highest BCUT2D eigenvalue weighted by Gasteiger charge is 2.21. The fraction of sp³-hybridized carbons (Fsp3) is 0.292. The quantitative estimate of drug-likeness (QED) is 0.523. The van der Waals surface area contributed by atoms with E-state index in [9.17, 15) is 0 Å². The highest BCUT2D eigenvalue weighted by Crippen LogP contribution is 2.34. The molecule has 0 aliphatic rings. The van der Waals surface area contributed by atoms with E-state index < -0.39 is 0 Å². The molecular formula is C24H27N. The number of benzene rings is 2. The van der Waals surface area contributed by atoms with Crippen LogP contribution < -0.4 is 0 Å². The van der Waals surface area contributed by atoms with Gasteiger partial charge in [0.15, 0.2) is 0 Å². The minimum atomic E-state index is 0.188. The Morgan fingerprint density at radius 2 is 1.72 bits per heavy atom. The molecule has 1 aromatic heterocycles. The maximum atomic E-state index is 4.71. The third-order valence-electron chi connectivity index (χ3n) is 4.77. The summed E-state index contributed by atoms with van der Waals surface area (Å²) in [4.78, 5) is 4.71. The van der Waals surface area contributed by atoms with E-state index in [4.69, 9.17) is 4.98 Å². The van der Waals surface area contributed by atoms with Gasteiger partial charge in [-0.2, -0.15) is 0 Å². The second-order valence-corrected chi connectivity index (χ2v) is 6.91. The van der Waals surface area contributed by atoms with E-state index in [1.807, 2.05) is 12.3 Å². The summed E-state index contributed by atoms with van der Waals surface area (Å²) in [6, 6.07) is 22.0. The molecule has 0 fully saturated rings. The van der Waals surface area contributed by atoms with Crippen molar-refractivity contribution in [1.29, 1.82) is 0 Å². The lowest BCUT2D eigenvalue weighted by atomic mass is 9.83. The summed E-state index contributed by atoms with van der Waals surface area (Å²) in [5.41, 5.74) is 7.89. The van der Waals surface area contributed by atoms with E-state index in [2.05, 4.69) is 75.4 Å². The van der Waals surface area contributed by atoms with Crippen LogP contribution in [0.4, 0.5) is 0 Å². The standard InChI is InChI=1S/C24H27N/c1-4-5-10-20-14-13-19(3)17-22(20)24(23-12-6-7-15-25-23)21-11-8-9-18(2)16-21/h6-9,11-17,24H,4-5,10H2,1-3H3/t24-/m0/s1. The van der Waals surface area contributed by atoms with Gasteiger partial charge in [0, 0.05) is 6.20 Å². The number of pyridine rings is 1. The van der Waals surface area contributed by atoms with Crippen molar-refractivity contribution in [3.63, 3.8) is 0 Å². The van der Waals surface area contributed by atoms with Crippen LogP contribution in [0.1, 0.15) is 59.2 Å². The SMILES string of the molecule is CCCCc1ccc(C)cc1[C@H](c1cccc(C)c1)c1ccccn1. The number of hydrogen-bond donors (Lipinski definition) is 0. The van der Waals surface area contributed by atoms with Crippen LogP contribution in [-0.4, -0.2) is 4.98 Å². The predicted molar refractivity (Wildman–Crippen MR) is 106 cm³/mol. The van der Waals surface area contributed by atoms with Gasteiger partial charge in [-0.15, -0.1) is 0 Å². The Morgan fingerprint density at radius 1 is 0.880 bits per heavy atom. The first kappa shape index (κ1) is 17.4. The van der Waals surface area contributed by atoms with E-state index in [1.54, 1.807) is 0 Å². The summed E-state index contributed by atoms with van der Waals surface area (Å²) >= 11 is 0. The van der Waals surface area contributed by atoms with Crippen molar-refractivity contribution in [1.82, 2.24) is 4.98 Å². The van der Waals surface area contributed by atoms with E-state index in [0.717, 1.165) is 12.1 Å². The molecule has 1 heterocycles. The largest absolute Gasteiger partial charge is 0.260 e. The van der Waals surface area contributed by atoms with Crippen molar-refractivity contribution in [3.8, 4) is 0 Å². The van der Waals surface area contributed by atoms with Crippen LogP contribution in [0.15, 0.2) is 66.9 Å². The van der Waals surface area contributed by atoms with Gasteiger partial charge >= 0.3 is 0 Å². The molecule has 0 aliphatic carbocycles. The zero-order chi connectivity index (χ0) is 17.6. The highest BCUT2D eigenvalue weighted by molar-refractivity contribution is 5.46. The van der Waals surface area contributed by atoms with Crippen LogP contribution in [0.3, 0.4) is 0 Å². The molecule has 1 nitrogen and oxygen atoms in total. The van der Waals surface area contributed by atoms with Gasteiger partial charge in [0.2, 0.25) is 0 Å². The predicted octanol–water partition coefficient (Wildman–Crippen LogP) is 6.22. The first-order chi connectivity index (χ1) is 12.2. The summed E-state index contributed by atoms with van der Waals surface area (Å²) in [6.07, 6.45) is 5.46. The summed E-state index contributed by atoms with van der Waals surface area (Å²) in [7, 11) is 0. The molecule has 2 aromatic carbocycles. The normalized spacial score (nSPS) is 12.1. The van der Waals surface area contributed by atoms with Crippen molar-refractivity contribution < 1.29 is 0 Å². The van der Waals surface area contributed by atoms with Crippen LogP contribution in [0.5, 0.6) is 0 Å². The zero-order valence-electron chi connectivity index (χ0n) is 15.5. The maximum Gasteiger partial charge on any atom is 0.0522 e. The summed E-state index contributed by atoms with van der Waals surface area (Å²) < 4.78 is 0. The average molecular weight is 329 g/mol. The topological polar surface area (TPSA) is 12.9 Å². The molecule has 128 valence electrons. The van der Waals surface area contributed by atoms with Gasteiger partial charge in [-0.05, 0) is 55.5 Å². The van der Waals surface area contributed by atoms with Crippen LogP contribution in [0, 0.1) is 13.8 Å². The molecule has 3 aromatic rings. The molecule has 3 rings (SSSR count). The van der Waals surface area contributed by atoms with Gasteiger partial charge in [-0.25, -0.2) is 0 Å². The fourth-order valence-electron chi connectivity index (χ4n) is 3.48. The molecule has 0 amide bonds. The lowest BCUT2D eigenvalue weighted by Crippen LogP contribution is -2.09. The van der Waals surface area contributed by atoms with Gasteiger partial charge in [0.1, 0.15) is 0 Å². The molecular weight excluding hydrogens is 302 g/mol. The van der Waals surface area contributed by atoms with Crippen LogP contribution >= 0.6 is 0 Å². The van der Waals surface area contributed by atoms with Gasteiger partial charge in [0.05, 0.1) is 11.6 Å². The smallest absolute Gasteiger partial charge is 0.0522 e. The fourth-order valence-corrected chi connectivity index (χ4v) is 3.48. The molecule has 0 saturated heterocycles. The number of aromatic nitrogens is 1. The van der Waals surface area contributed by atoms with Crippen LogP contribution in [0.2, 0.25) is 0 Å². The Bertz CT molecular complexity index is 821. The number of nitrogens with zero attached hydrogens (tertiary/aromatic N) is 1. The third-order valence-corrected chi connectivity index (χ3v) is 4.77. The van der Waals surface area contributed by atoms with E-state index >= 15 is 0 Å².